The maximum Gasteiger partial charge on any atom is 0.242 e. The van der Waals surface area contributed by atoms with Crippen molar-refractivity contribution in [3.63, 3.8) is 0 Å². The van der Waals surface area contributed by atoms with Crippen molar-refractivity contribution in [3.8, 4) is 11.4 Å². The smallest absolute Gasteiger partial charge is 0.242 e. The molecule has 1 amide bonds. The van der Waals surface area contributed by atoms with Crippen molar-refractivity contribution in [2.75, 3.05) is 13.1 Å². The summed E-state index contributed by atoms with van der Waals surface area (Å²) >= 11 is 6.05. The molecule has 3 aromatic rings. The summed E-state index contributed by atoms with van der Waals surface area (Å²) in [6.45, 7) is 10.4. The Morgan fingerprint density at radius 3 is 2.21 bits per heavy atom. The number of rotatable bonds is 7. The van der Waals surface area contributed by atoms with Crippen molar-refractivity contribution in [2.45, 2.75) is 34.2 Å². The van der Waals surface area contributed by atoms with E-state index in [4.69, 9.17) is 16.6 Å². The molecule has 0 radical (unpaired) electrons. The Morgan fingerprint density at radius 2 is 1.61 bits per heavy atom. The fourth-order valence-corrected chi connectivity index (χ4v) is 3.58. The van der Waals surface area contributed by atoms with Crippen LogP contribution in [0.3, 0.4) is 0 Å². The summed E-state index contributed by atoms with van der Waals surface area (Å²) in [7, 11) is 0. The van der Waals surface area contributed by atoms with Gasteiger partial charge in [-0.2, -0.15) is 0 Å². The van der Waals surface area contributed by atoms with E-state index in [1.165, 1.54) is 0 Å². The van der Waals surface area contributed by atoms with Gasteiger partial charge in [-0.25, -0.2) is 4.98 Å². The summed E-state index contributed by atoms with van der Waals surface area (Å²) in [5.41, 5.74) is 2.81. The van der Waals surface area contributed by atoms with Crippen LogP contribution in [0.25, 0.3) is 22.4 Å². The normalized spacial score (nSPS) is 11.5. The molecule has 0 aliphatic carbocycles. The Morgan fingerprint density at radius 1 is 1.00 bits per heavy atom. The molecule has 3 rings (SSSR count). The molecule has 5 heteroatoms. The van der Waals surface area contributed by atoms with E-state index in [0.29, 0.717) is 16.9 Å². The molecule has 0 bridgehead atoms. The zero-order valence-corrected chi connectivity index (χ0v) is 17.8. The Bertz CT molecular complexity index is 934. The van der Waals surface area contributed by atoms with E-state index in [2.05, 4.69) is 27.7 Å². The number of hydrogen-bond donors (Lipinski definition) is 0. The van der Waals surface area contributed by atoms with Gasteiger partial charge in [0, 0.05) is 23.7 Å². The highest BCUT2D eigenvalue weighted by atomic mass is 35.5. The summed E-state index contributed by atoms with van der Waals surface area (Å²) < 4.78 is 2.02. The number of imidazole rings is 1. The third-order valence-corrected chi connectivity index (χ3v) is 4.83. The Kier molecular flexibility index (Phi) is 6.40. The number of nitrogens with zero attached hydrogens (tertiary/aromatic N) is 3. The van der Waals surface area contributed by atoms with Gasteiger partial charge < -0.3 is 9.47 Å². The monoisotopic (exact) mass is 397 g/mol. The molecule has 1 heterocycles. The Hall–Kier alpha value is -2.33. The molecule has 0 fully saturated rings. The van der Waals surface area contributed by atoms with Gasteiger partial charge in [-0.1, -0.05) is 51.4 Å². The molecular weight excluding hydrogens is 370 g/mol. The number of halogens is 1. The molecular formula is C23H28ClN3O. The van der Waals surface area contributed by atoms with Crippen LogP contribution in [0.2, 0.25) is 5.02 Å². The molecule has 1 aromatic heterocycles. The first kappa shape index (κ1) is 20.4. The summed E-state index contributed by atoms with van der Waals surface area (Å²) in [6, 6.07) is 15.6. The quantitative estimate of drug-likeness (QED) is 0.528. The predicted octanol–water partition coefficient (Wildman–Crippen LogP) is 5.50. The van der Waals surface area contributed by atoms with Gasteiger partial charge in [0.1, 0.15) is 12.4 Å². The fraction of sp³-hybridized carbons (Fsp3) is 0.391. The number of para-hydroxylation sites is 2. The van der Waals surface area contributed by atoms with Crippen molar-refractivity contribution in [2.24, 2.45) is 11.8 Å². The lowest BCUT2D eigenvalue weighted by Gasteiger charge is -2.27. The molecule has 0 atom stereocenters. The summed E-state index contributed by atoms with van der Waals surface area (Å²) in [5.74, 6) is 1.77. The third-order valence-electron chi connectivity index (χ3n) is 4.57. The highest BCUT2D eigenvalue weighted by Crippen LogP contribution is 2.26. The number of aromatic nitrogens is 2. The maximum atomic E-state index is 13.2. The van der Waals surface area contributed by atoms with Crippen LogP contribution in [0, 0.1) is 11.8 Å². The summed E-state index contributed by atoms with van der Waals surface area (Å²) in [5, 5.41) is 0.683. The lowest BCUT2D eigenvalue weighted by Crippen LogP contribution is -2.39. The molecule has 4 nitrogen and oxygen atoms in total. The molecule has 2 aromatic carbocycles. The second kappa shape index (κ2) is 8.78. The number of carbonyl (C=O) groups is 1. The van der Waals surface area contributed by atoms with Gasteiger partial charge >= 0.3 is 0 Å². The highest BCUT2D eigenvalue weighted by molar-refractivity contribution is 6.30. The van der Waals surface area contributed by atoms with Crippen molar-refractivity contribution in [1.29, 1.82) is 0 Å². The summed E-state index contributed by atoms with van der Waals surface area (Å²) in [6.07, 6.45) is 0. The molecule has 148 valence electrons. The lowest BCUT2D eigenvalue weighted by molar-refractivity contribution is -0.132. The van der Waals surface area contributed by atoms with Crippen LogP contribution in [0.4, 0.5) is 0 Å². The predicted molar refractivity (Wildman–Crippen MR) is 116 cm³/mol. The van der Waals surface area contributed by atoms with Crippen LogP contribution in [0.5, 0.6) is 0 Å². The van der Waals surface area contributed by atoms with Gasteiger partial charge in [0.05, 0.1) is 11.0 Å². The van der Waals surface area contributed by atoms with Crippen LogP contribution < -0.4 is 0 Å². The van der Waals surface area contributed by atoms with Gasteiger partial charge in [0.2, 0.25) is 5.91 Å². The number of amides is 1. The second-order valence-corrected chi connectivity index (χ2v) is 8.54. The molecule has 28 heavy (non-hydrogen) atoms. The van der Waals surface area contributed by atoms with Crippen LogP contribution in [-0.2, 0) is 11.3 Å². The van der Waals surface area contributed by atoms with Gasteiger partial charge in [0.15, 0.2) is 0 Å². The first-order valence-corrected chi connectivity index (χ1v) is 10.2. The van der Waals surface area contributed by atoms with Crippen LogP contribution in [-0.4, -0.2) is 33.4 Å². The van der Waals surface area contributed by atoms with E-state index in [9.17, 15) is 4.79 Å². The van der Waals surface area contributed by atoms with E-state index >= 15 is 0 Å². The number of carbonyl (C=O) groups excluding carboxylic acids is 1. The minimum Gasteiger partial charge on any atom is -0.341 e. The molecule has 0 unspecified atom stereocenters. The minimum absolute atomic E-state index is 0.126. The van der Waals surface area contributed by atoms with Crippen molar-refractivity contribution in [1.82, 2.24) is 14.5 Å². The van der Waals surface area contributed by atoms with Gasteiger partial charge in [-0.05, 0) is 48.2 Å². The molecule has 0 aliphatic rings. The Balaban J connectivity index is 1.99. The lowest BCUT2D eigenvalue weighted by atomic mass is 10.1. The van der Waals surface area contributed by atoms with Crippen molar-refractivity contribution in [3.05, 3.63) is 53.6 Å². The van der Waals surface area contributed by atoms with Crippen LogP contribution >= 0.6 is 11.6 Å². The third kappa shape index (κ3) is 4.74. The molecule has 0 saturated heterocycles. The van der Waals surface area contributed by atoms with Gasteiger partial charge in [-0.15, -0.1) is 0 Å². The van der Waals surface area contributed by atoms with Crippen molar-refractivity contribution < 1.29 is 4.79 Å². The Labute approximate surface area is 172 Å². The topological polar surface area (TPSA) is 38.1 Å². The fourth-order valence-electron chi connectivity index (χ4n) is 3.45. The van der Waals surface area contributed by atoms with Gasteiger partial charge in [-0.3, -0.25) is 4.79 Å². The number of hydrogen-bond acceptors (Lipinski definition) is 2. The standard InChI is InChI=1S/C23H28ClN3O/c1-16(2)13-26(14-17(3)4)22(28)15-27-21-8-6-5-7-20(21)25-23(27)18-9-11-19(24)12-10-18/h5-12,16-17H,13-15H2,1-4H3. The van der Waals surface area contributed by atoms with E-state index in [-0.39, 0.29) is 12.5 Å². The molecule has 0 saturated carbocycles. The molecule has 0 aliphatic heterocycles. The zero-order chi connectivity index (χ0) is 20.3. The first-order valence-electron chi connectivity index (χ1n) is 9.84. The van der Waals surface area contributed by atoms with Crippen LogP contribution in [0.1, 0.15) is 27.7 Å². The van der Waals surface area contributed by atoms with E-state index in [1.54, 1.807) is 0 Å². The maximum absolute atomic E-state index is 13.2. The average molecular weight is 398 g/mol. The van der Waals surface area contributed by atoms with Crippen molar-refractivity contribution >= 4 is 28.5 Å². The second-order valence-electron chi connectivity index (χ2n) is 8.10. The molecule has 0 spiro atoms. The average Bonchev–Trinajstić information content (AvgIpc) is 2.99. The molecule has 0 N–H and O–H groups in total. The SMILES string of the molecule is CC(C)CN(CC(C)C)C(=O)Cn1c(-c2ccc(Cl)cc2)nc2ccccc21. The van der Waals surface area contributed by atoms with Crippen LogP contribution in [0.15, 0.2) is 48.5 Å². The minimum atomic E-state index is 0.126. The number of fused-ring (bicyclic) bond motifs is 1. The first-order chi connectivity index (χ1) is 13.3. The van der Waals surface area contributed by atoms with E-state index < -0.39 is 0 Å². The van der Waals surface area contributed by atoms with E-state index in [0.717, 1.165) is 35.5 Å². The zero-order valence-electron chi connectivity index (χ0n) is 17.0. The largest absolute Gasteiger partial charge is 0.341 e. The highest BCUT2D eigenvalue weighted by Gasteiger charge is 2.20. The number of benzene rings is 2. The summed E-state index contributed by atoms with van der Waals surface area (Å²) in [4.78, 5) is 20.0. The van der Waals surface area contributed by atoms with E-state index in [1.807, 2.05) is 58.0 Å². The van der Waals surface area contributed by atoms with Gasteiger partial charge in [0.25, 0.3) is 0 Å².